The van der Waals surface area contributed by atoms with Gasteiger partial charge in [-0.3, -0.25) is 4.68 Å². The maximum Gasteiger partial charge on any atom is 0.178 e. The SMILES string of the molecule is Cc1cnn(CCNCCCS(=O)(=O)c2ccc(Cl)cc2)c1. The molecule has 0 aliphatic rings. The average molecular weight is 342 g/mol. The number of nitrogens with one attached hydrogen (secondary N) is 1. The van der Waals surface area contributed by atoms with Gasteiger partial charge < -0.3 is 5.32 Å². The van der Waals surface area contributed by atoms with Crippen LogP contribution in [0.25, 0.3) is 0 Å². The van der Waals surface area contributed by atoms with E-state index in [1.807, 2.05) is 24.0 Å². The van der Waals surface area contributed by atoms with Crippen LogP contribution >= 0.6 is 11.6 Å². The van der Waals surface area contributed by atoms with Crippen molar-refractivity contribution < 1.29 is 8.42 Å². The van der Waals surface area contributed by atoms with E-state index in [9.17, 15) is 8.42 Å². The van der Waals surface area contributed by atoms with Gasteiger partial charge in [-0.25, -0.2) is 8.42 Å². The van der Waals surface area contributed by atoms with Crippen molar-refractivity contribution in [2.45, 2.75) is 24.8 Å². The molecule has 2 rings (SSSR count). The van der Waals surface area contributed by atoms with Crippen LogP contribution < -0.4 is 5.32 Å². The molecule has 1 aromatic carbocycles. The summed E-state index contributed by atoms with van der Waals surface area (Å²) in [5.41, 5.74) is 1.13. The summed E-state index contributed by atoms with van der Waals surface area (Å²) in [5.74, 6) is 0.127. The molecule has 1 heterocycles. The molecule has 7 heteroatoms. The topological polar surface area (TPSA) is 64.0 Å². The Morgan fingerprint density at radius 2 is 1.95 bits per heavy atom. The van der Waals surface area contributed by atoms with Crippen molar-refractivity contribution in [3.8, 4) is 0 Å². The summed E-state index contributed by atoms with van der Waals surface area (Å²) >= 11 is 5.76. The minimum Gasteiger partial charge on any atom is -0.315 e. The number of halogens is 1. The second-order valence-corrected chi connectivity index (χ2v) is 7.70. The summed E-state index contributed by atoms with van der Waals surface area (Å²) in [6, 6.07) is 6.29. The third kappa shape index (κ3) is 5.12. The molecular formula is C15H20ClN3O2S. The molecule has 5 nitrogen and oxygen atoms in total. The van der Waals surface area contributed by atoms with Gasteiger partial charge in [-0.2, -0.15) is 5.10 Å². The standard InChI is InChI=1S/C15H20ClN3O2S/c1-13-11-18-19(12-13)9-8-17-7-2-10-22(20,21)15-5-3-14(16)4-6-15/h3-6,11-12,17H,2,7-10H2,1H3. The zero-order chi connectivity index (χ0) is 16.0. The van der Waals surface area contributed by atoms with Crippen LogP contribution in [0.2, 0.25) is 5.02 Å². The number of nitrogens with zero attached hydrogens (tertiary/aromatic N) is 2. The lowest BCUT2D eigenvalue weighted by molar-refractivity contribution is 0.549. The number of sulfone groups is 1. The highest BCUT2D eigenvalue weighted by Crippen LogP contribution is 2.15. The van der Waals surface area contributed by atoms with Crippen molar-refractivity contribution >= 4 is 21.4 Å². The second-order valence-electron chi connectivity index (χ2n) is 5.16. The first-order valence-corrected chi connectivity index (χ1v) is 9.18. The summed E-state index contributed by atoms with van der Waals surface area (Å²) in [5, 5.41) is 7.96. The molecule has 0 unspecified atom stereocenters. The van der Waals surface area contributed by atoms with E-state index in [1.165, 1.54) is 0 Å². The Labute approximate surface area is 136 Å². The Bertz CT molecular complexity index is 696. The number of aryl methyl sites for hydroxylation is 1. The van der Waals surface area contributed by atoms with E-state index in [4.69, 9.17) is 11.6 Å². The number of benzene rings is 1. The maximum atomic E-state index is 12.1. The highest BCUT2D eigenvalue weighted by Gasteiger charge is 2.13. The van der Waals surface area contributed by atoms with Crippen LogP contribution in [0, 0.1) is 6.92 Å². The van der Waals surface area contributed by atoms with Gasteiger partial charge in [-0.15, -0.1) is 0 Å². The van der Waals surface area contributed by atoms with E-state index in [0.717, 1.165) is 18.7 Å². The van der Waals surface area contributed by atoms with Crippen molar-refractivity contribution in [3.63, 3.8) is 0 Å². The molecule has 0 atom stereocenters. The normalized spacial score (nSPS) is 11.7. The minimum absolute atomic E-state index is 0.127. The molecule has 0 bridgehead atoms. The van der Waals surface area contributed by atoms with Gasteiger partial charge in [-0.05, 0) is 49.7 Å². The molecule has 0 saturated heterocycles. The zero-order valence-corrected chi connectivity index (χ0v) is 14.1. The van der Waals surface area contributed by atoms with Crippen molar-refractivity contribution in [2.75, 3.05) is 18.8 Å². The smallest absolute Gasteiger partial charge is 0.178 e. The van der Waals surface area contributed by atoms with Gasteiger partial charge >= 0.3 is 0 Å². The highest BCUT2D eigenvalue weighted by atomic mass is 35.5. The fourth-order valence-electron chi connectivity index (χ4n) is 2.05. The molecule has 22 heavy (non-hydrogen) atoms. The summed E-state index contributed by atoms with van der Waals surface area (Å²) in [7, 11) is -3.23. The van der Waals surface area contributed by atoms with E-state index in [1.54, 1.807) is 24.3 Å². The van der Waals surface area contributed by atoms with Crippen LogP contribution in [-0.4, -0.2) is 37.0 Å². The molecular weight excluding hydrogens is 322 g/mol. The van der Waals surface area contributed by atoms with Crippen LogP contribution in [0.4, 0.5) is 0 Å². The first kappa shape index (κ1) is 17.0. The minimum atomic E-state index is -3.23. The third-order valence-electron chi connectivity index (χ3n) is 3.22. The Morgan fingerprint density at radius 1 is 1.23 bits per heavy atom. The Kier molecular flexibility index (Phi) is 5.99. The number of aromatic nitrogens is 2. The van der Waals surface area contributed by atoms with Gasteiger partial charge in [0, 0.05) is 17.8 Å². The van der Waals surface area contributed by atoms with Gasteiger partial charge in [0.2, 0.25) is 0 Å². The summed E-state index contributed by atoms with van der Waals surface area (Å²) < 4.78 is 26.1. The molecule has 2 aromatic rings. The third-order valence-corrected chi connectivity index (χ3v) is 5.29. The summed E-state index contributed by atoms with van der Waals surface area (Å²) in [4.78, 5) is 0.323. The van der Waals surface area contributed by atoms with Gasteiger partial charge in [0.15, 0.2) is 9.84 Å². The molecule has 120 valence electrons. The predicted octanol–water partition coefficient (Wildman–Crippen LogP) is 2.30. The molecule has 0 fully saturated rings. The van der Waals surface area contributed by atoms with Crippen molar-refractivity contribution in [1.82, 2.24) is 15.1 Å². The summed E-state index contributed by atoms with van der Waals surface area (Å²) in [6.07, 6.45) is 4.37. The van der Waals surface area contributed by atoms with Crippen LogP contribution in [0.5, 0.6) is 0 Å². The molecule has 0 amide bonds. The van der Waals surface area contributed by atoms with Crippen molar-refractivity contribution in [3.05, 3.63) is 47.2 Å². The lowest BCUT2D eigenvalue weighted by Crippen LogP contribution is -2.23. The van der Waals surface area contributed by atoms with E-state index < -0.39 is 9.84 Å². The summed E-state index contributed by atoms with van der Waals surface area (Å²) in [6.45, 7) is 4.20. The van der Waals surface area contributed by atoms with E-state index in [2.05, 4.69) is 10.4 Å². The number of hydrogen-bond acceptors (Lipinski definition) is 4. The molecule has 0 aliphatic heterocycles. The Morgan fingerprint density at radius 3 is 2.59 bits per heavy atom. The lowest BCUT2D eigenvalue weighted by Gasteiger charge is -2.06. The number of rotatable bonds is 8. The molecule has 0 radical (unpaired) electrons. The lowest BCUT2D eigenvalue weighted by atomic mass is 10.4. The highest BCUT2D eigenvalue weighted by molar-refractivity contribution is 7.91. The Hall–Kier alpha value is -1.37. The van der Waals surface area contributed by atoms with E-state index in [0.29, 0.717) is 22.9 Å². The van der Waals surface area contributed by atoms with E-state index in [-0.39, 0.29) is 5.75 Å². The van der Waals surface area contributed by atoms with E-state index >= 15 is 0 Å². The fraction of sp³-hybridized carbons (Fsp3) is 0.400. The average Bonchev–Trinajstić information content (AvgIpc) is 2.89. The van der Waals surface area contributed by atoms with Crippen molar-refractivity contribution in [2.24, 2.45) is 0 Å². The molecule has 1 aromatic heterocycles. The van der Waals surface area contributed by atoms with Gasteiger partial charge in [-0.1, -0.05) is 11.6 Å². The van der Waals surface area contributed by atoms with Crippen LogP contribution in [0.1, 0.15) is 12.0 Å². The van der Waals surface area contributed by atoms with Gasteiger partial charge in [0.05, 0.1) is 23.4 Å². The molecule has 0 aliphatic carbocycles. The predicted molar refractivity (Wildman–Crippen MR) is 88.0 cm³/mol. The second kappa shape index (κ2) is 7.76. The first-order chi connectivity index (χ1) is 10.5. The van der Waals surface area contributed by atoms with Crippen LogP contribution in [0.15, 0.2) is 41.6 Å². The molecule has 1 N–H and O–H groups in total. The fourth-order valence-corrected chi connectivity index (χ4v) is 3.49. The molecule has 0 saturated carbocycles. The first-order valence-electron chi connectivity index (χ1n) is 7.15. The van der Waals surface area contributed by atoms with Crippen molar-refractivity contribution in [1.29, 1.82) is 0 Å². The van der Waals surface area contributed by atoms with Gasteiger partial charge in [0.1, 0.15) is 0 Å². The van der Waals surface area contributed by atoms with Crippen LogP contribution in [-0.2, 0) is 16.4 Å². The van der Waals surface area contributed by atoms with Gasteiger partial charge in [0.25, 0.3) is 0 Å². The zero-order valence-electron chi connectivity index (χ0n) is 12.5. The Balaban J connectivity index is 1.68. The monoisotopic (exact) mass is 341 g/mol. The van der Waals surface area contributed by atoms with Crippen LogP contribution in [0.3, 0.4) is 0 Å². The quantitative estimate of drug-likeness (QED) is 0.748. The maximum absolute atomic E-state index is 12.1. The molecule has 0 spiro atoms. The number of hydrogen-bond donors (Lipinski definition) is 1. The largest absolute Gasteiger partial charge is 0.315 e.